The molecule has 3 aromatic rings. The van der Waals surface area contributed by atoms with Crippen LogP contribution in [0.15, 0.2) is 47.3 Å². The molecule has 2 aromatic carbocycles. The number of pyridine rings is 1. The molecule has 0 aliphatic rings. The summed E-state index contributed by atoms with van der Waals surface area (Å²) in [6.45, 7) is 0. The highest BCUT2D eigenvalue weighted by atomic mass is 35.5. The third-order valence-electron chi connectivity index (χ3n) is 3.76. The first-order valence-electron chi connectivity index (χ1n) is 7.30. The zero-order valence-corrected chi connectivity index (χ0v) is 14.2. The number of carbonyl (C=O) groups excluding carboxylic acids is 1. The SMILES string of the molecule is COC(=O)c1c(O)c2ccc(Oc3cccc(Cl)c3)cc2n(C)c1=O. The van der Waals surface area contributed by atoms with E-state index in [1.165, 1.54) is 11.6 Å². The Morgan fingerprint density at radius 1 is 1.16 bits per heavy atom. The van der Waals surface area contributed by atoms with E-state index in [0.29, 0.717) is 27.4 Å². The smallest absolute Gasteiger partial charge is 0.347 e. The van der Waals surface area contributed by atoms with Crippen LogP contribution in [0, 0.1) is 0 Å². The van der Waals surface area contributed by atoms with Crippen LogP contribution in [0.25, 0.3) is 10.9 Å². The molecule has 0 fully saturated rings. The molecule has 128 valence electrons. The lowest BCUT2D eigenvalue weighted by molar-refractivity contribution is 0.0595. The van der Waals surface area contributed by atoms with Crippen LogP contribution in [0.2, 0.25) is 5.02 Å². The van der Waals surface area contributed by atoms with Gasteiger partial charge in [0.05, 0.1) is 12.6 Å². The first-order chi connectivity index (χ1) is 11.9. The summed E-state index contributed by atoms with van der Waals surface area (Å²) >= 11 is 5.93. The van der Waals surface area contributed by atoms with Gasteiger partial charge >= 0.3 is 5.97 Å². The molecule has 1 N–H and O–H groups in total. The van der Waals surface area contributed by atoms with Crippen LogP contribution in [0.1, 0.15) is 10.4 Å². The number of halogens is 1. The van der Waals surface area contributed by atoms with Gasteiger partial charge in [0.1, 0.15) is 17.2 Å². The number of aromatic nitrogens is 1. The van der Waals surface area contributed by atoms with Crippen LogP contribution in [0.4, 0.5) is 0 Å². The number of esters is 1. The van der Waals surface area contributed by atoms with Gasteiger partial charge in [-0.05, 0) is 30.3 Å². The molecule has 0 aliphatic heterocycles. The van der Waals surface area contributed by atoms with Gasteiger partial charge in [-0.2, -0.15) is 0 Å². The summed E-state index contributed by atoms with van der Waals surface area (Å²) in [4.78, 5) is 24.1. The lowest BCUT2D eigenvalue weighted by atomic mass is 10.1. The van der Waals surface area contributed by atoms with Crippen molar-refractivity contribution in [3.8, 4) is 17.2 Å². The molecule has 0 radical (unpaired) electrons. The van der Waals surface area contributed by atoms with Gasteiger partial charge in [0.15, 0.2) is 5.56 Å². The van der Waals surface area contributed by atoms with Crippen LogP contribution in [-0.2, 0) is 11.8 Å². The van der Waals surface area contributed by atoms with Gasteiger partial charge in [0.2, 0.25) is 0 Å². The predicted molar refractivity (Wildman–Crippen MR) is 93.7 cm³/mol. The van der Waals surface area contributed by atoms with Gasteiger partial charge in [-0.1, -0.05) is 17.7 Å². The zero-order valence-electron chi connectivity index (χ0n) is 13.4. The Bertz CT molecular complexity index is 1040. The molecule has 7 heteroatoms. The van der Waals surface area contributed by atoms with E-state index < -0.39 is 22.8 Å². The summed E-state index contributed by atoms with van der Waals surface area (Å²) in [6.07, 6.45) is 0. The van der Waals surface area contributed by atoms with Crippen LogP contribution in [-0.4, -0.2) is 22.8 Å². The fraction of sp³-hybridized carbons (Fsp3) is 0.111. The summed E-state index contributed by atoms with van der Waals surface area (Å²) in [7, 11) is 2.65. The molecule has 1 aromatic heterocycles. The second kappa shape index (κ2) is 6.49. The minimum absolute atomic E-state index is 0.334. The largest absolute Gasteiger partial charge is 0.506 e. The molecule has 0 saturated heterocycles. The Morgan fingerprint density at radius 3 is 2.56 bits per heavy atom. The maximum absolute atomic E-state index is 12.4. The molecular weight excluding hydrogens is 346 g/mol. The molecule has 0 spiro atoms. The van der Waals surface area contributed by atoms with Gasteiger partial charge in [0.25, 0.3) is 5.56 Å². The first kappa shape index (κ1) is 16.9. The van der Waals surface area contributed by atoms with E-state index in [2.05, 4.69) is 4.74 Å². The van der Waals surface area contributed by atoms with Crippen molar-refractivity contribution in [3.05, 3.63) is 63.4 Å². The van der Waals surface area contributed by atoms with Crippen LogP contribution in [0.3, 0.4) is 0 Å². The number of aryl methyl sites for hydroxylation is 1. The highest BCUT2D eigenvalue weighted by Crippen LogP contribution is 2.31. The second-order valence-corrected chi connectivity index (χ2v) is 5.75. The van der Waals surface area contributed by atoms with Crippen molar-refractivity contribution in [1.82, 2.24) is 4.57 Å². The van der Waals surface area contributed by atoms with Crippen molar-refractivity contribution in [1.29, 1.82) is 0 Å². The van der Waals surface area contributed by atoms with Crippen molar-refractivity contribution in [2.45, 2.75) is 0 Å². The van der Waals surface area contributed by atoms with Crippen LogP contribution < -0.4 is 10.3 Å². The quantitative estimate of drug-likeness (QED) is 0.724. The van der Waals surface area contributed by atoms with Crippen molar-refractivity contribution in [3.63, 3.8) is 0 Å². The maximum atomic E-state index is 12.4. The molecule has 0 amide bonds. The number of fused-ring (bicyclic) bond motifs is 1. The first-order valence-corrected chi connectivity index (χ1v) is 7.67. The van der Waals surface area contributed by atoms with Crippen molar-refractivity contribution in [2.75, 3.05) is 7.11 Å². The molecule has 0 saturated carbocycles. The Morgan fingerprint density at radius 2 is 1.88 bits per heavy atom. The zero-order chi connectivity index (χ0) is 18.1. The van der Waals surface area contributed by atoms with E-state index in [1.54, 1.807) is 42.5 Å². The molecule has 0 atom stereocenters. The van der Waals surface area contributed by atoms with Gasteiger partial charge < -0.3 is 19.1 Å². The van der Waals surface area contributed by atoms with E-state index >= 15 is 0 Å². The standard InChI is InChI=1S/C18H14ClNO5/c1-20-14-9-12(25-11-5-3-4-10(19)8-11)6-7-13(14)16(21)15(17(20)22)18(23)24-2/h3-9,21H,1-2H3. The molecule has 1 heterocycles. The monoisotopic (exact) mass is 359 g/mol. The lowest BCUT2D eigenvalue weighted by Crippen LogP contribution is -2.25. The van der Waals surface area contributed by atoms with Crippen LogP contribution in [0.5, 0.6) is 17.2 Å². The Kier molecular flexibility index (Phi) is 4.37. The van der Waals surface area contributed by atoms with E-state index in [-0.39, 0.29) is 0 Å². The molecule has 6 nitrogen and oxygen atoms in total. The normalized spacial score (nSPS) is 10.7. The minimum atomic E-state index is -0.890. The van der Waals surface area contributed by atoms with E-state index in [9.17, 15) is 14.7 Å². The summed E-state index contributed by atoms with van der Waals surface area (Å²) in [6, 6.07) is 11.7. The topological polar surface area (TPSA) is 77.8 Å². The number of carbonyl (C=O) groups is 1. The molecule has 3 rings (SSSR count). The number of aromatic hydroxyl groups is 1. The summed E-state index contributed by atoms with van der Waals surface area (Å²) in [5, 5.41) is 11.2. The number of hydrogen-bond donors (Lipinski definition) is 1. The summed E-state index contributed by atoms with van der Waals surface area (Å²) in [5.74, 6) is -0.319. The lowest BCUT2D eigenvalue weighted by Gasteiger charge is -2.12. The van der Waals surface area contributed by atoms with Crippen molar-refractivity contribution in [2.24, 2.45) is 7.05 Å². The maximum Gasteiger partial charge on any atom is 0.347 e. The molecule has 25 heavy (non-hydrogen) atoms. The molecule has 0 aliphatic carbocycles. The van der Waals surface area contributed by atoms with Gasteiger partial charge in [-0.25, -0.2) is 4.79 Å². The Balaban J connectivity index is 2.14. The van der Waals surface area contributed by atoms with E-state index in [1.807, 2.05) is 0 Å². The van der Waals surface area contributed by atoms with Crippen molar-refractivity contribution < 1.29 is 19.4 Å². The number of benzene rings is 2. The van der Waals surface area contributed by atoms with Crippen LogP contribution >= 0.6 is 11.6 Å². The van der Waals surface area contributed by atoms with Gasteiger partial charge in [0, 0.05) is 23.5 Å². The summed E-state index contributed by atoms with van der Waals surface area (Å²) in [5.41, 5.74) is -0.646. The average molecular weight is 360 g/mol. The summed E-state index contributed by atoms with van der Waals surface area (Å²) < 4.78 is 11.6. The number of hydrogen-bond acceptors (Lipinski definition) is 5. The fourth-order valence-electron chi connectivity index (χ4n) is 2.52. The predicted octanol–water partition coefficient (Wildman–Crippen LogP) is 3.48. The third kappa shape index (κ3) is 3.04. The minimum Gasteiger partial charge on any atom is -0.506 e. The molecule has 0 bridgehead atoms. The number of ether oxygens (including phenoxy) is 2. The van der Waals surface area contributed by atoms with E-state index in [0.717, 1.165) is 7.11 Å². The third-order valence-corrected chi connectivity index (χ3v) is 4.00. The second-order valence-electron chi connectivity index (χ2n) is 5.32. The molecule has 0 unspecified atom stereocenters. The Hall–Kier alpha value is -2.99. The fourth-order valence-corrected chi connectivity index (χ4v) is 2.70. The number of methoxy groups -OCH3 is 1. The highest BCUT2D eigenvalue weighted by Gasteiger charge is 2.22. The van der Waals surface area contributed by atoms with E-state index in [4.69, 9.17) is 16.3 Å². The number of rotatable bonds is 3. The Labute approximate surface area is 147 Å². The highest BCUT2D eigenvalue weighted by molar-refractivity contribution is 6.30. The molecular formula is C18H14ClNO5. The average Bonchev–Trinajstić information content (AvgIpc) is 2.59. The van der Waals surface area contributed by atoms with Gasteiger partial charge in [-0.15, -0.1) is 0 Å². The number of nitrogens with zero attached hydrogens (tertiary/aromatic N) is 1. The van der Waals surface area contributed by atoms with Gasteiger partial charge in [-0.3, -0.25) is 4.79 Å². The van der Waals surface area contributed by atoms with Crippen molar-refractivity contribution >= 4 is 28.5 Å².